The molecule has 26 heavy (non-hydrogen) atoms. The van der Waals surface area contributed by atoms with Gasteiger partial charge < -0.3 is 10.2 Å². The zero-order valence-electron chi connectivity index (χ0n) is 15.3. The molecule has 2 atom stereocenters. The zero-order valence-corrected chi connectivity index (χ0v) is 16.1. The monoisotopic (exact) mass is 375 g/mol. The van der Waals surface area contributed by atoms with Crippen molar-refractivity contribution in [1.82, 2.24) is 25.2 Å². The molecule has 1 amide bonds. The molecule has 0 radical (unpaired) electrons. The average molecular weight is 376 g/mol. The molecule has 2 aliphatic rings. The third-order valence-corrected chi connectivity index (χ3v) is 5.70. The quantitative estimate of drug-likeness (QED) is 0.890. The van der Waals surface area contributed by atoms with E-state index >= 15 is 0 Å². The number of nitrogens with zero attached hydrogens (tertiary/aromatic N) is 4. The first-order chi connectivity index (χ1) is 12.1. The van der Waals surface area contributed by atoms with Crippen LogP contribution in [0, 0.1) is 6.92 Å². The predicted molar refractivity (Wildman–Crippen MR) is 103 cm³/mol. The van der Waals surface area contributed by atoms with Crippen LogP contribution in [0.25, 0.3) is 5.69 Å². The second-order valence-corrected chi connectivity index (χ2v) is 7.31. The van der Waals surface area contributed by atoms with Gasteiger partial charge in [0.25, 0.3) is 0 Å². The molecule has 6 nitrogen and oxygen atoms in total. The Bertz CT molecular complexity index is 751. The smallest absolute Gasteiger partial charge is 0.228 e. The Hall–Kier alpha value is -1.92. The number of amides is 1. The van der Waals surface area contributed by atoms with Crippen molar-refractivity contribution in [2.45, 2.75) is 57.2 Å². The van der Waals surface area contributed by atoms with E-state index in [9.17, 15) is 4.79 Å². The molecule has 2 saturated heterocycles. The maximum Gasteiger partial charge on any atom is 0.228 e. The fourth-order valence-corrected chi connectivity index (χ4v) is 4.15. The Labute approximate surface area is 160 Å². The number of rotatable bonds is 4. The average Bonchev–Trinajstić information content (AvgIpc) is 3.17. The van der Waals surface area contributed by atoms with Gasteiger partial charge in [-0.05, 0) is 44.7 Å². The Balaban J connectivity index is 0.00000196. The number of fused-ring (bicyclic) bond motifs is 2. The van der Waals surface area contributed by atoms with Gasteiger partial charge >= 0.3 is 0 Å². The first-order valence-electron chi connectivity index (χ1n) is 9.10. The molecule has 7 heteroatoms. The minimum Gasteiger partial charge on any atom is -0.342 e. The van der Waals surface area contributed by atoms with Crippen LogP contribution in [0.4, 0.5) is 0 Å². The van der Waals surface area contributed by atoms with Gasteiger partial charge in [0.2, 0.25) is 5.91 Å². The SMILES string of the molecule is Cc1c(CC(=O)N(C)C2CC3CCC(C2)N3)nnn1-c1ccccc1.Cl. The van der Waals surface area contributed by atoms with Crippen LogP contribution in [-0.4, -0.2) is 51.0 Å². The lowest BCUT2D eigenvalue weighted by Crippen LogP contribution is -2.49. The molecular weight excluding hydrogens is 350 g/mol. The van der Waals surface area contributed by atoms with Gasteiger partial charge in [0, 0.05) is 25.2 Å². The lowest BCUT2D eigenvalue weighted by atomic mass is 9.98. The Morgan fingerprint density at radius 1 is 1.23 bits per heavy atom. The highest BCUT2D eigenvalue weighted by Gasteiger charge is 2.36. The first kappa shape index (κ1) is 18.9. The lowest BCUT2D eigenvalue weighted by Gasteiger charge is -2.35. The summed E-state index contributed by atoms with van der Waals surface area (Å²) in [6, 6.07) is 11.4. The molecule has 0 spiro atoms. The van der Waals surface area contributed by atoms with E-state index in [1.807, 2.05) is 49.2 Å². The largest absolute Gasteiger partial charge is 0.342 e. The van der Waals surface area contributed by atoms with Crippen LogP contribution in [-0.2, 0) is 11.2 Å². The van der Waals surface area contributed by atoms with Gasteiger partial charge in [-0.3, -0.25) is 4.79 Å². The highest BCUT2D eigenvalue weighted by molar-refractivity contribution is 5.85. The van der Waals surface area contributed by atoms with E-state index < -0.39 is 0 Å². The lowest BCUT2D eigenvalue weighted by molar-refractivity contribution is -0.132. The molecule has 140 valence electrons. The fourth-order valence-electron chi connectivity index (χ4n) is 4.15. The van der Waals surface area contributed by atoms with Crippen LogP contribution in [0.5, 0.6) is 0 Å². The van der Waals surface area contributed by atoms with Gasteiger partial charge in [-0.2, -0.15) is 0 Å². The Kier molecular flexibility index (Phi) is 5.63. The number of hydrogen-bond donors (Lipinski definition) is 1. The summed E-state index contributed by atoms with van der Waals surface area (Å²) in [6.45, 7) is 1.97. The summed E-state index contributed by atoms with van der Waals surface area (Å²) in [7, 11) is 1.94. The van der Waals surface area contributed by atoms with Crippen molar-refractivity contribution < 1.29 is 4.79 Å². The molecule has 2 unspecified atom stereocenters. The van der Waals surface area contributed by atoms with Crippen molar-refractivity contribution in [3.63, 3.8) is 0 Å². The van der Waals surface area contributed by atoms with Crippen LogP contribution in [0.3, 0.4) is 0 Å². The third-order valence-electron chi connectivity index (χ3n) is 5.70. The predicted octanol–water partition coefficient (Wildman–Crippen LogP) is 2.28. The number of nitrogens with one attached hydrogen (secondary N) is 1. The number of benzene rings is 1. The van der Waals surface area contributed by atoms with Crippen molar-refractivity contribution >= 4 is 18.3 Å². The number of aromatic nitrogens is 3. The normalized spacial score (nSPS) is 24.2. The number of carbonyl (C=O) groups excluding carboxylic acids is 1. The van der Waals surface area contributed by atoms with Gasteiger partial charge in [0.1, 0.15) is 0 Å². The van der Waals surface area contributed by atoms with Crippen molar-refractivity contribution in [1.29, 1.82) is 0 Å². The van der Waals surface area contributed by atoms with E-state index in [2.05, 4.69) is 15.6 Å². The summed E-state index contributed by atoms with van der Waals surface area (Å²) in [5.74, 6) is 0.134. The highest BCUT2D eigenvalue weighted by Crippen LogP contribution is 2.29. The molecule has 1 N–H and O–H groups in total. The van der Waals surface area contributed by atoms with Crippen LogP contribution in [0.2, 0.25) is 0 Å². The summed E-state index contributed by atoms with van der Waals surface area (Å²) in [5.41, 5.74) is 2.66. The zero-order chi connectivity index (χ0) is 17.4. The number of para-hydroxylation sites is 1. The van der Waals surface area contributed by atoms with Crippen LogP contribution in [0.1, 0.15) is 37.1 Å². The number of piperidine rings is 1. The molecule has 1 aromatic carbocycles. The highest BCUT2D eigenvalue weighted by atomic mass is 35.5. The number of halogens is 1. The molecule has 2 fully saturated rings. The minimum atomic E-state index is 0. The molecule has 1 aromatic heterocycles. The van der Waals surface area contributed by atoms with Crippen molar-refractivity contribution in [3.8, 4) is 5.69 Å². The molecule has 4 rings (SSSR count). The van der Waals surface area contributed by atoms with E-state index in [1.54, 1.807) is 4.68 Å². The van der Waals surface area contributed by atoms with Crippen molar-refractivity contribution in [2.75, 3.05) is 7.05 Å². The summed E-state index contributed by atoms with van der Waals surface area (Å²) in [4.78, 5) is 14.7. The van der Waals surface area contributed by atoms with Gasteiger partial charge in [-0.15, -0.1) is 17.5 Å². The Morgan fingerprint density at radius 3 is 2.54 bits per heavy atom. The van der Waals surface area contributed by atoms with Crippen LogP contribution < -0.4 is 5.32 Å². The molecule has 0 saturated carbocycles. The van der Waals surface area contributed by atoms with E-state index in [0.717, 1.165) is 29.9 Å². The molecule has 2 aromatic rings. The summed E-state index contributed by atoms with van der Waals surface area (Å²) < 4.78 is 1.80. The van der Waals surface area contributed by atoms with Crippen LogP contribution in [0.15, 0.2) is 30.3 Å². The van der Waals surface area contributed by atoms with Gasteiger partial charge in [0.05, 0.1) is 23.5 Å². The number of likely N-dealkylation sites (N-methyl/N-ethyl adjacent to an activating group) is 1. The topological polar surface area (TPSA) is 63.1 Å². The van der Waals surface area contributed by atoms with Gasteiger partial charge in [-0.1, -0.05) is 23.4 Å². The molecule has 3 heterocycles. The van der Waals surface area contributed by atoms with Crippen molar-refractivity contribution in [3.05, 3.63) is 41.7 Å². The molecule has 2 aliphatic heterocycles. The summed E-state index contributed by atoms with van der Waals surface area (Å²) in [6.07, 6.45) is 4.93. The minimum absolute atomic E-state index is 0. The van der Waals surface area contributed by atoms with Gasteiger partial charge in [0.15, 0.2) is 0 Å². The van der Waals surface area contributed by atoms with Crippen molar-refractivity contribution in [2.24, 2.45) is 0 Å². The molecular formula is C19H26ClN5O. The molecule has 0 aliphatic carbocycles. The fraction of sp³-hybridized carbons (Fsp3) is 0.526. The van der Waals surface area contributed by atoms with E-state index in [0.29, 0.717) is 24.5 Å². The van der Waals surface area contributed by atoms with E-state index in [4.69, 9.17) is 0 Å². The molecule has 2 bridgehead atoms. The van der Waals surface area contributed by atoms with Crippen LogP contribution >= 0.6 is 12.4 Å². The maximum atomic E-state index is 12.8. The number of hydrogen-bond acceptors (Lipinski definition) is 4. The second kappa shape index (κ2) is 7.76. The number of carbonyl (C=O) groups is 1. The Morgan fingerprint density at radius 2 is 1.88 bits per heavy atom. The summed E-state index contributed by atoms with van der Waals surface area (Å²) in [5, 5.41) is 12.1. The second-order valence-electron chi connectivity index (χ2n) is 7.31. The van der Waals surface area contributed by atoms with E-state index in [-0.39, 0.29) is 18.3 Å². The van der Waals surface area contributed by atoms with E-state index in [1.165, 1.54) is 12.8 Å². The maximum absolute atomic E-state index is 12.8. The standard InChI is InChI=1S/C19H25N5O.ClH/c1-13-18(21-22-24(13)16-6-4-3-5-7-16)12-19(25)23(2)17-10-14-8-9-15(11-17)20-14;/h3-7,14-15,17,20H,8-12H2,1-2H3;1H. The summed E-state index contributed by atoms with van der Waals surface area (Å²) >= 11 is 0. The first-order valence-corrected chi connectivity index (χ1v) is 9.10. The third kappa shape index (κ3) is 3.62. The van der Waals surface area contributed by atoms with Gasteiger partial charge in [-0.25, -0.2) is 4.68 Å².